The minimum Gasteiger partial charge on any atom is -0.328 e. The van der Waals surface area contributed by atoms with Gasteiger partial charge in [0.1, 0.15) is 0 Å². The van der Waals surface area contributed by atoms with Gasteiger partial charge in [0.2, 0.25) is 10.0 Å². The van der Waals surface area contributed by atoms with Gasteiger partial charge in [-0.3, -0.25) is 0 Å². The molecule has 3 rings (SSSR count). The van der Waals surface area contributed by atoms with E-state index in [1.807, 2.05) is 42.5 Å². The van der Waals surface area contributed by atoms with Gasteiger partial charge in [-0.2, -0.15) is 4.31 Å². The van der Waals surface area contributed by atoms with Crippen LogP contribution in [0.1, 0.15) is 12.8 Å². The van der Waals surface area contributed by atoms with Gasteiger partial charge in [-0.1, -0.05) is 48.5 Å². The molecule has 0 radical (unpaired) electrons. The molecule has 4 nitrogen and oxygen atoms in total. The lowest BCUT2D eigenvalue weighted by atomic mass is 10.1. The number of rotatable bonds is 3. The number of nitrogens with zero attached hydrogens (tertiary/aromatic N) is 1. The van der Waals surface area contributed by atoms with Crippen molar-refractivity contribution in [3.05, 3.63) is 54.6 Å². The van der Waals surface area contributed by atoms with E-state index in [0.29, 0.717) is 30.8 Å². The molecule has 1 aliphatic heterocycles. The second-order valence-corrected chi connectivity index (χ2v) is 7.51. The Labute approximate surface area is 143 Å². The van der Waals surface area contributed by atoms with Crippen molar-refractivity contribution in [2.24, 2.45) is 5.73 Å². The van der Waals surface area contributed by atoms with Crippen molar-refractivity contribution < 1.29 is 8.42 Å². The van der Waals surface area contributed by atoms with Crippen LogP contribution in [0.15, 0.2) is 59.5 Å². The summed E-state index contributed by atoms with van der Waals surface area (Å²) in [4.78, 5) is 0.372. The van der Waals surface area contributed by atoms with Gasteiger partial charge in [0.25, 0.3) is 0 Å². The van der Waals surface area contributed by atoms with Gasteiger partial charge in [-0.05, 0) is 24.5 Å². The van der Waals surface area contributed by atoms with Crippen LogP contribution in [0.5, 0.6) is 0 Å². The van der Waals surface area contributed by atoms with Gasteiger partial charge < -0.3 is 5.73 Å². The average molecular weight is 353 g/mol. The van der Waals surface area contributed by atoms with Gasteiger partial charge in [0, 0.05) is 24.7 Å². The summed E-state index contributed by atoms with van der Waals surface area (Å²) in [5.74, 6) is 0. The van der Waals surface area contributed by atoms with Crippen LogP contribution in [-0.4, -0.2) is 31.9 Å². The minimum absolute atomic E-state index is 0. The number of nitrogens with two attached hydrogens (primary N) is 1. The lowest BCUT2D eigenvalue weighted by molar-refractivity contribution is 0.320. The van der Waals surface area contributed by atoms with Gasteiger partial charge in [0.15, 0.2) is 0 Å². The van der Waals surface area contributed by atoms with Crippen LogP contribution >= 0.6 is 12.4 Å². The first-order valence-electron chi connectivity index (χ1n) is 7.49. The molecule has 2 aromatic carbocycles. The molecule has 0 bridgehead atoms. The Morgan fingerprint density at radius 3 is 2.13 bits per heavy atom. The molecule has 124 valence electrons. The highest BCUT2D eigenvalue weighted by Crippen LogP contribution is 2.30. The van der Waals surface area contributed by atoms with E-state index in [1.54, 1.807) is 16.4 Å². The SMILES string of the molecule is Cl.NC1CCN(S(=O)(=O)c2ccccc2-c2ccccc2)CC1. The second-order valence-electron chi connectivity index (χ2n) is 5.60. The van der Waals surface area contributed by atoms with E-state index in [-0.39, 0.29) is 18.4 Å². The Hall–Kier alpha value is -1.40. The number of halogens is 1. The zero-order chi connectivity index (χ0) is 15.6. The highest BCUT2D eigenvalue weighted by atomic mass is 35.5. The zero-order valence-electron chi connectivity index (χ0n) is 12.8. The summed E-state index contributed by atoms with van der Waals surface area (Å²) in [6, 6.07) is 16.9. The fourth-order valence-corrected chi connectivity index (χ4v) is 4.49. The van der Waals surface area contributed by atoms with Crippen molar-refractivity contribution in [2.45, 2.75) is 23.8 Å². The van der Waals surface area contributed by atoms with Gasteiger partial charge in [-0.15, -0.1) is 12.4 Å². The maximum absolute atomic E-state index is 13.0. The zero-order valence-corrected chi connectivity index (χ0v) is 14.4. The molecule has 0 spiro atoms. The Bertz CT molecular complexity index is 742. The van der Waals surface area contributed by atoms with E-state index >= 15 is 0 Å². The summed E-state index contributed by atoms with van der Waals surface area (Å²) in [5, 5.41) is 0. The Morgan fingerprint density at radius 2 is 1.48 bits per heavy atom. The van der Waals surface area contributed by atoms with Crippen molar-refractivity contribution in [3.8, 4) is 11.1 Å². The molecule has 0 amide bonds. The van der Waals surface area contributed by atoms with E-state index in [1.165, 1.54) is 0 Å². The van der Waals surface area contributed by atoms with Crippen LogP contribution in [0.3, 0.4) is 0 Å². The molecule has 2 N–H and O–H groups in total. The van der Waals surface area contributed by atoms with Crippen LogP contribution in [0.25, 0.3) is 11.1 Å². The molecule has 0 unspecified atom stereocenters. The van der Waals surface area contributed by atoms with Crippen molar-refractivity contribution >= 4 is 22.4 Å². The predicted octanol–water partition coefficient (Wildman–Crippen LogP) is 2.89. The van der Waals surface area contributed by atoms with Gasteiger partial charge in [0.05, 0.1) is 4.90 Å². The third kappa shape index (κ3) is 3.75. The normalized spacial score (nSPS) is 16.7. The van der Waals surface area contributed by atoms with Crippen LogP contribution in [0.2, 0.25) is 0 Å². The number of sulfonamides is 1. The first-order valence-corrected chi connectivity index (χ1v) is 8.93. The maximum atomic E-state index is 13.0. The summed E-state index contributed by atoms with van der Waals surface area (Å²) >= 11 is 0. The summed E-state index contributed by atoms with van der Waals surface area (Å²) in [5.41, 5.74) is 7.54. The lowest BCUT2D eigenvalue weighted by Crippen LogP contribution is -2.42. The van der Waals surface area contributed by atoms with Gasteiger partial charge >= 0.3 is 0 Å². The molecule has 0 aliphatic carbocycles. The molecule has 1 fully saturated rings. The fraction of sp³-hybridized carbons (Fsp3) is 0.294. The van der Waals surface area contributed by atoms with Crippen molar-refractivity contribution in [2.75, 3.05) is 13.1 Å². The van der Waals surface area contributed by atoms with Gasteiger partial charge in [-0.25, -0.2) is 8.42 Å². The molecular weight excluding hydrogens is 332 g/mol. The molecule has 1 heterocycles. The van der Waals surface area contributed by atoms with E-state index in [9.17, 15) is 8.42 Å². The van der Waals surface area contributed by atoms with E-state index in [4.69, 9.17) is 5.73 Å². The quantitative estimate of drug-likeness (QED) is 0.923. The van der Waals surface area contributed by atoms with Crippen LogP contribution in [0, 0.1) is 0 Å². The average Bonchev–Trinajstić information content (AvgIpc) is 2.56. The molecule has 0 aromatic heterocycles. The van der Waals surface area contributed by atoms with Crippen LogP contribution in [-0.2, 0) is 10.0 Å². The highest BCUT2D eigenvalue weighted by Gasteiger charge is 2.30. The summed E-state index contributed by atoms with van der Waals surface area (Å²) < 4.78 is 27.5. The summed E-state index contributed by atoms with van der Waals surface area (Å²) in [6.07, 6.45) is 1.43. The Balaban J connectivity index is 0.00000192. The molecule has 6 heteroatoms. The molecule has 1 saturated heterocycles. The summed E-state index contributed by atoms with van der Waals surface area (Å²) in [7, 11) is -3.49. The van der Waals surface area contributed by atoms with Crippen molar-refractivity contribution in [1.82, 2.24) is 4.31 Å². The summed E-state index contributed by atoms with van der Waals surface area (Å²) in [6.45, 7) is 0.985. The van der Waals surface area contributed by atoms with Crippen LogP contribution in [0.4, 0.5) is 0 Å². The standard InChI is InChI=1S/C17H20N2O2S.ClH/c18-15-10-12-19(13-11-15)22(20,21)17-9-5-4-8-16(17)14-6-2-1-3-7-14;/h1-9,15H,10-13,18H2;1H. The number of benzene rings is 2. The number of hydrogen-bond acceptors (Lipinski definition) is 3. The van der Waals surface area contributed by atoms with E-state index in [0.717, 1.165) is 11.1 Å². The number of hydrogen-bond donors (Lipinski definition) is 1. The smallest absolute Gasteiger partial charge is 0.243 e. The second kappa shape index (κ2) is 7.45. The maximum Gasteiger partial charge on any atom is 0.243 e. The molecule has 2 aromatic rings. The lowest BCUT2D eigenvalue weighted by Gasteiger charge is -2.30. The molecule has 0 saturated carbocycles. The predicted molar refractivity (Wildman–Crippen MR) is 95.1 cm³/mol. The largest absolute Gasteiger partial charge is 0.328 e. The monoisotopic (exact) mass is 352 g/mol. The topological polar surface area (TPSA) is 63.4 Å². The van der Waals surface area contributed by atoms with E-state index in [2.05, 4.69) is 0 Å². The number of piperidine rings is 1. The Morgan fingerprint density at radius 1 is 0.913 bits per heavy atom. The minimum atomic E-state index is -3.49. The molecular formula is C17H21ClN2O2S. The van der Waals surface area contributed by atoms with E-state index < -0.39 is 10.0 Å². The third-order valence-electron chi connectivity index (χ3n) is 4.09. The third-order valence-corrected chi connectivity index (χ3v) is 6.05. The fourth-order valence-electron chi connectivity index (χ4n) is 2.80. The van der Waals surface area contributed by atoms with Crippen LogP contribution < -0.4 is 5.73 Å². The van der Waals surface area contributed by atoms with Crippen molar-refractivity contribution in [1.29, 1.82) is 0 Å². The first-order chi connectivity index (χ1) is 10.6. The molecule has 0 atom stereocenters. The molecule has 1 aliphatic rings. The first kappa shape index (κ1) is 17.9. The van der Waals surface area contributed by atoms with Crippen molar-refractivity contribution in [3.63, 3.8) is 0 Å². The Kier molecular flexibility index (Phi) is 5.81. The highest BCUT2D eigenvalue weighted by molar-refractivity contribution is 7.89. The molecule has 23 heavy (non-hydrogen) atoms.